The monoisotopic (exact) mass is 763 g/mol. The Morgan fingerprint density at radius 1 is 0.267 bits per heavy atom. The summed E-state index contributed by atoms with van der Waals surface area (Å²) >= 11 is 0. The van der Waals surface area contributed by atoms with Gasteiger partial charge in [0.25, 0.3) is 0 Å². The molecule has 0 N–H and O–H groups in total. The third-order valence-corrected chi connectivity index (χ3v) is 12.2. The van der Waals surface area contributed by atoms with Crippen molar-refractivity contribution in [2.75, 3.05) is 4.90 Å². The van der Waals surface area contributed by atoms with Gasteiger partial charge in [-0.15, -0.1) is 0 Å². The van der Waals surface area contributed by atoms with Crippen molar-refractivity contribution < 1.29 is 4.42 Å². The molecular weight excluding hydrogens is 727 g/mol. The molecule has 0 aliphatic carbocycles. The Morgan fingerprint density at radius 3 is 1.62 bits per heavy atom. The van der Waals surface area contributed by atoms with E-state index in [4.69, 9.17) is 4.42 Å². The fourth-order valence-corrected chi connectivity index (χ4v) is 9.32. The fraction of sp³-hybridized carbons (Fsp3) is 0. The van der Waals surface area contributed by atoms with Crippen LogP contribution >= 0.6 is 0 Å². The molecule has 60 heavy (non-hydrogen) atoms. The molecule has 0 aliphatic rings. The van der Waals surface area contributed by atoms with Gasteiger partial charge in [-0.25, -0.2) is 0 Å². The number of furan rings is 1. The fourth-order valence-electron chi connectivity index (χ4n) is 9.32. The van der Waals surface area contributed by atoms with Crippen LogP contribution in [0.3, 0.4) is 0 Å². The highest BCUT2D eigenvalue weighted by molar-refractivity contribution is 6.14. The Bertz CT molecular complexity index is 3610. The molecule has 1 aromatic heterocycles. The van der Waals surface area contributed by atoms with Crippen molar-refractivity contribution in [1.82, 2.24) is 0 Å². The normalized spacial score (nSPS) is 11.7. The van der Waals surface area contributed by atoms with E-state index in [2.05, 4.69) is 217 Å². The van der Waals surface area contributed by atoms with Crippen LogP contribution in [0, 0.1) is 0 Å². The molecule has 12 rings (SSSR count). The smallest absolute Gasteiger partial charge is 0.143 e. The lowest BCUT2D eigenvalue weighted by atomic mass is 9.93. The minimum Gasteiger partial charge on any atom is -0.455 e. The van der Waals surface area contributed by atoms with Crippen molar-refractivity contribution in [3.05, 3.63) is 224 Å². The Morgan fingerprint density at radius 2 is 0.817 bits per heavy atom. The van der Waals surface area contributed by atoms with E-state index in [1.165, 1.54) is 59.8 Å². The quantitative estimate of drug-likeness (QED) is 0.157. The van der Waals surface area contributed by atoms with Crippen LogP contribution < -0.4 is 4.90 Å². The molecule has 2 heteroatoms. The first-order valence-electron chi connectivity index (χ1n) is 20.6. The zero-order valence-corrected chi connectivity index (χ0v) is 32.7. The highest BCUT2D eigenvalue weighted by atomic mass is 16.3. The molecule has 0 unspecified atom stereocenters. The van der Waals surface area contributed by atoms with Gasteiger partial charge in [0.05, 0.1) is 0 Å². The van der Waals surface area contributed by atoms with E-state index < -0.39 is 0 Å². The van der Waals surface area contributed by atoms with E-state index in [1.54, 1.807) is 0 Å². The minimum atomic E-state index is 0.904. The van der Waals surface area contributed by atoms with Crippen LogP contribution in [-0.2, 0) is 0 Å². The van der Waals surface area contributed by atoms with Crippen molar-refractivity contribution >= 4 is 82.1 Å². The molecule has 0 bridgehead atoms. The SMILES string of the molecule is c1cc(-c2ccc3ccc4ccccc4c3c2)cc(N(c2ccc(-c3cccc4c3oc3ccccc34)cc2)c2cccc(-c3cc4ccccc4c4ccccc34)c2)c1. The van der Waals surface area contributed by atoms with Gasteiger partial charge in [0, 0.05) is 33.4 Å². The lowest BCUT2D eigenvalue weighted by Gasteiger charge is -2.27. The van der Waals surface area contributed by atoms with Crippen molar-refractivity contribution in [3.63, 3.8) is 0 Å². The van der Waals surface area contributed by atoms with Gasteiger partial charge in [-0.05, 0) is 126 Å². The molecule has 0 aliphatic heterocycles. The number of hydrogen-bond donors (Lipinski definition) is 0. The molecule has 2 nitrogen and oxygen atoms in total. The zero-order chi connectivity index (χ0) is 39.6. The van der Waals surface area contributed by atoms with Crippen LogP contribution in [-0.4, -0.2) is 0 Å². The van der Waals surface area contributed by atoms with Gasteiger partial charge in [-0.3, -0.25) is 0 Å². The summed E-state index contributed by atoms with van der Waals surface area (Å²) < 4.78 is 6.46. The van der Waals surface area contributed by atoms with Gasteiger partial charge in [-0.1, -0.05) is 170 Å². The Balaban J connectivity index is 1.02. The standard InChI is InChI=1S/C58H37NO/c1-3-18-48-38(12-1)26-27-40-28-29-42(36-55(40)48)41-14-9-16-46(34-41)59(45-32-30-39(31-33-45)50-23-11-24-54-53-22-7-8-25-57(53)60-58(50)54)47-17-10-15-43(35-47)56-37-44-13-2-4-19-49(44)51-20-5-6-21-52(51)56/h1-37H. The Hall–Kier alpha value is -7.94. The molecule has 0 saturated heterocycles. The van der Waals surface area contributed by atoms with E-state index in [1.807, 2.05) is 12.1 Å². The van der Waals surface area contributed by atoms with E-state index in [9.17, 15) is 0 Å². The van der Waals surface area contributed by atoms with Crippen molar-refractivity contribution in [1.29, 1.82) is 0 Å². The Labute approximate surface area is 347 Å². The number of nitrogens with zero attached hydrogens (tertiary/aromatic N) is 1. The summed E-state index contributed by atoms with van der Waals surface area (Å²) in [5, 5.41) is 12.3. The lowest BCUT2D eigenvalue weighted by molar-refractivity contribution is 0.670. The van der Waals surface area contributed by atoms with E-state index in [0.717, 1.165) is 55.7 Å². The number of hydrogen-bond acceptors (Lipinski definition) is 2. The highest BCUT2D eigenvalue weighted by Gasteiger charge is 2.18. The summed E-state index contributed by atoms with van der Waals surface area (Å²) in [4.78, 5) is 2.39. The van der Waals surface area contributed by atoms with Crippen LogP contribution in [0.5, 0.6) is 0 Å². The lowest BCUT2D eigenvalue weighted by Crippen LogP contribution is -2.10. The molecule has 1 heterocycles. The molecular formula is C58H37NO. The predicted octanol–water partition coefficient (Wildman–Crippen LogP) is 16.7. The number of benzene rings is 11. The summed E-state index contributed by atoms with van der Waals surface area (Å²) in [6.07, 6.45) is 0. The topological polar surface area (TPSA) is 16.4 Å². The maximum atomic E-state index is 6.46. The molecule has 280 valence electrons. The highest BCUT2D eigenvalue weighted by Crippen LogP contribution is 2.43. The Kier molecular flexibility index (Phi) is 7.89. The van der Waals surface area contributed by atoms with Crippen LogP contribution in [0.25, 0.3) is 98.4 Å². The van der Waals surface area contributed by atoms with Crippen molar-refractivity contribution in [2.24, 2.45) is 0 Å². The zero-order valence-electron chi connectivity index (χ0n) is 32.7. The second-order valence-corrected chi connectivity index (χ2v) is 15.7. The van der Waals surface area contributed by atoms with Gasteiger partial charge < -0.3 is 9.32 Å². The van der Waals surface area contributed by atoms with E-state index >= 15 is 0 Å². The van der Waals surface area contributed by atoms with Crippen LogP contribution in [0.1, 0.15) is 0 Å². The number of para-hydroxylation sites is 2. The summed E-state index contributed by atoms with van der Waals surface area (Å²) in [5.74, 6) is 0. The molecule has 11 aromatic carbocycles. The average molecular weight is 764 g/mol. The van der Waals surface area contributed by atoms with Gasteiger partial charge in [0.2, 0.25) is 0 Å². The van der Waals surface area contributed by atoms with Crippen LogP contribution in [0.4, 0.5) is 17.1 Å². The van der Waals surface area contributed by atoms with Crippen LogP contribution in [0.2, 0.25) is 0 Å². The first-order valence-corrected chi connectivity index (χ1v) is 20.6. The van der Waals surface area contributed by atoms with E-state index in [0.29, 0.717) is 0 Å². The third kappa shape index (κ3) is 5.65. The average Bonchev–Trinajstić information content (AvgIpc) is 3.71. The van der Waals surface area contributed by atoms with Crippen LogP contribution in [0.15, 0.2) is 229 Å². The summed E-state index contributed by atoms with van der Waals surface area (Å²) in [7, 11) is 0. The third-order valence-electron chi connectivity index (χ3n) is 12.2. The van der Waals surface area contributed by atoms with Gasteiger partial charge in [0.1, 0.15) is 11.2 Å². The first kappa shape index (κ1) is 34.1. The minimum absolute atomic E-state index is 0.904. The second kappa shape index (κ2) is 13.9. The van der Waals surface area contributed by atoms with Crippen molar-refractivity contribution in [3.8, 4) is 33.4 Å². The largest absolute Gasteiger partial charge is 0.455 e. The first-order chi connectivity index (χ1) is 29.7. The summed E-state index contributed by atoms with van der Waals surface area (Å²) in [6, 6.07) is 81.4. The second-order valence-electron chi connectivity index (χ2n) is 15.7. The number of rotatable bonds is 6. The molecule has 0 atom stereocenters. The van der Waals surface area contributed by atoms with E-state index in [-0.39, 0.29) is 0 Å². The molecule has 12 aromatic rings. The maximum Gasteiger partial charge on any atom is 0.143 e. The van der Waals surface area contributed by atoms with Gasteiger partial charge >= 0.3 is 0 Å². The molecule has 0 saturated carbocycles. The predicted molar refractivity (Wildman–Crippen MR) is 255 cm³/mol. The molecule has 0 radical (unpaired) electrons. The molecule has 0 amide bonds. The molecule has 0 spiro atoms. The number of anilines is 3. The summed E-state index contributed by atoms with van der Waals surface area (Å²) in [6.45, 7) is 0. The van der Waals surface area contributed by atoms with Gasteiger partial charge in [-0.2, -0.15) is 0 Å². The summed E-state index contributed by atoms with van der Waals surface area (Å²) in [5.41, 5.74) is 12.0. The number of fused-ring (bicyclic) bond motifs is 9. The van der Waals surface area contributed by atoms with Gasteiger partial charge in [0.15, 0.2) is 0 Å². The maximum absolute atomic E-state index is 6.46. The van der Waals surface area contributed by atoms with Crippen molar-refractivity contribution in [2.45, 2.75) is 0 Å². The molecule has 0 fully saturated rings.